The minimum atomic E-state index is -4.85. The van der Waals surface area contributed by atoms with Crippen LogP contribution in [0.1, 0.15) is 45.7 Å². The number of ether oxygens (including phenoxy) is 1. The number of alkyl halides is 3. The van der Waals surface area contributed by atoms with E-state index in [1.165, 1.54) is 16.8 Å². The fourth-order valence-corrected chi connectivity index (χ4v) is 3.68. The Kier molecular flexibility index (Phi) is 8.49. The molecule has 9 nitrogen and oxygen atoms in total. The van der Waals surface area contributed by atoms with E-state index in [1.807, 2.05) is 26.0 Å². The van der Waals surface area contributed by atoms with Gasteiger partial charge in [-0.25, -0.2) is 0 Å². The van der Waals surface area contributed by atoms with Gasteiger partial charge in [0.25, 0.3) is 17.8 Å². The summed E-state index contributed by atoms with van der Waals surface area (Å²) in [6, 6.07) is 19.1. The first-order chi connectivity index (χ1) is 19.0. The molecule has 3 aromatic carbocycles. The first kappa shape index (κ1) is 28.3. The Balaban J connectivity index is 1.59. The van der Waals surface area contributed by atoms with E-state index in [4.69, 9.17) is 0 Å². The number of aryl methyl sites for hydroxylation is 1. The zero-order valence-electron chi connectivity index (χ0n) is 21.9. The predicted molar refractivity (Wildman–Crippen MR) is 144 cm³/mol. The molecule has 0 spiro atoms. The van der Waals surface area contributed by atoms with Gasteiger partial charge in [-0.05, 0) is 60.5 Å². The fourth-order valence-electron chi connectivity index (χ4n) is 3.68. The topological polar surface area (TPSA) is 110 Å². The van der Waals surface area contributed by atoms with Crippen LogP contribution in [0.2, 0.25) is 0 Å². The van der Waals surface area contributed by atoms with Crippen molar-refractivity contribution in [1.29, 1.82) is 0 Å². The Hall–Kier alpha value is -4.71. The Bertz CT molecular complexity index is 1480. The van der Waals surface area contributed by atoms with Gasteiger partial charge in [-0.3, -0.25) is 20.2 Å². The summed E-state index contributed by atoms with van der Waals surface area (Å²) < 4.78 is 42.9. The third kappa shape index (κ3) is 7.44. The first-order valence-electron chi connectivity index (χ1n) is 12.3. The van der Waals surface area contributed by atoms with E-state index in [9.17, 15) is 22.8 Å². The quantitative estimate of drug-likeness (QED) is 0.254. The third-order valence-corrected chi connectivity index (χ3v) is 5.69. The molecule has 0 aliphatic carbocycles. The van der Waals surface area contributed by atoms with Gasteiger partial charge in [-0.2, -0.15) is 9.67 Å². The normalized spacial score (nSPS) is 11.4. The standard InChI is InChI=1S/C28H27F3N6O3/c1-17(2)32-16-19-8-10-20(11-9-19)24(38)33-26-35-27(34-25(39)23-7-5-4-6-18(23)3)37(36-26)21-12-14-22(15-13-21)40-28(29,30)31/h4-15,17,32H,16H2,1-3H3,(H2,33,34,35,36,38,39). The third-order valence-electron chi connectivity index (χ3n) is 5.69. The summed E-state index contributed by atoms with van der Waals surface area (Å²) in [6.07, 6.45) is -4.85. The number of rotatable bonds is 9. The molecule has 0 aliphatic rings. The lowest BCUT2D eigenvalue weighted by Gasteiger charge is -2.11. The van der Waals surface area contributed by atoms with E-state index in [1.54, 1.807) is 43.3 Å². The van der Waals surface area contributed by atoms with Gasteiger partial charge in [0.15, 0.2) is 0 Å². The minimum Gasteiger partial charge on any atom is -0.406 e. The van der Waals surface area contributed by atoms with E-state index in [0.29, 0.717) is 23.7 Å². The number of nitrogens with one attached hydrogen (secondary N) is 3. The van der Waals surface area contributed by atoms with Crippen molar-refractivity contribution in [1.82, 2.24) is 20.1 Å². The van der Waals surface area contributed by atoms with Crippen LogP contribution in [0.25, 0.3) is 5.69 Å². The maximum atomic E-state index is 13.0. The van der Waals surface area contributed by atoms with Gasteiger partial charge in [0.1, 0.15) is 5.75 Å². The van der Waals surface area contributed by atoms with Crippen LogP contribution in [0.3, 0.4) is 0 Å². The highest BCUT2D eigenvalue weighted by Gasteiger charge is 2.31. The number of halogens is 3. The Morgan fingerprint density at radius 3 is 2.23 bits per heavy atom. The molecule has 3 N–H and O–H groups in total. The number of carbonyl (C=O) groups is 2. The lowest BCUT2D eigenvalue weighted by atomic mass is 10.1. The number of hydrogen-bond donors (Lipinski definition) is 3. The van der Waals surface area contributed by atoms with Gasteiger partial charge in [-0.15, -0.1) is 18.3 Å². The van der Waals surface area contributed by atoms with Crippen molar-refractivity contribution in [3.05, 3.63) is 95.1 Å². The highest BCUT2D eigenvalue weighted by atomic mass is 19.4. The molecule has 0 fully saturated rings. The number of nitrogens with zero attached hydrogens (tertiary/aromatic N) is 3. The highest BCUT2D eigenvalue weighted by Crippen LogP contribution is 2.25. The molecule has 1 aromatic heterocycles. The molecule has 208 valence electrons. The number of aromatic nitrogens is 3. The fraction of sp³-hybridized carbons (Fsp3) is 0.214. The smallest absolute Gasteiger partial charge is 0.406 e. The Morgan fingerprint density at radius 1 is 0.925 bits per heavy atom. The van der Waals surface area contributed by atoms with Gasteiger partial charge in [0.2, 0.25) is 5.95 Å². The molecule has 0 saturated carbocycles. The van der Waals surface area contributed by atoms with Crippen molar-refractivity contribution in [3.8, 4) is 11.4 Å². The molecule has 0 unspecified atom stereocenters. The van der Waals surface area contributed by atoms with Gasteiger partial charge in [0.05, 0.1) is 5.69 Å². The summed E-state index contributed by atoms with van der Waals surface area (Å²) >= 11 is 0. The maximum Gasteiger partial charge on any atom is 0.573 e. The molecule has 2 amide bonds. The molecular formula is C28H27F3N6O3. The van der Waals surface area contributed by atoms with Crippen LogP contribution < -0.4 is 20.7 Å². The largest absolute Gasteiger partial charge is 0.573 e. The molecule has 0 saturated heterocycles. The van der Waals surface area contributed by atoms with Crippen LogP contribution in [-0.4, -0.2) is 39.0 Å². The van der Waals surface area contributed by atoms with E-state index in [-0.39, 0.29) is 17.6 Å². The van der Waals surface area contributed by atoms with Gasteiger partial charge in [-0.1, -0.05) is 44.2 Å². The lowest BCUT2D eigenvalue weighted by Crippen LogP contribution is -2.21. The second kappa shape index (κ2) is 12.0. The molecule has 0 aliphatic heterocycles. The molecule has 0 radical (unpaired) electrons. The molecule has 12 heteroatoms. The molecule has 40 heavy (non-hydrogen) atoms. The van der Waals surface area contributed by atoms with Gasteiger partial charge < -0.3 is 10.1 Å². The molecule has 4 aromatic rings. The van der Waals surface area contributed by atoms with Crippen molar-refractivity contribution in [2.45, 2.75) is 39.7 Å². The van der Waals surface area contributed by atoms with Crippen molar-refractivity contribution in [2.24, 2.45) is 0 Å². The van der Waals surface area contributed by atoms with E-state index in [2.05, 4.69) is 30.8 Å². The summed E-state index contributed by atoms with van der Waals surface area (Å²) in [5.74, 6) is -1.56. The van der Waals surface area contributed by atoms with Crippen LogP contribution >= 0.6 is 0 Å². The first-order valence-corrected chi connectivity index (χ1v) is 12.3. The van der Waals surface area contributed by atoms with Crippen LogP contribution in [0.5, 0.6) is 5.75 Å². The van der Waals surface area contributed by atoms with Crippen LogP contribution in [0.15, 0.2) is 72.8 Å². The number of carbonyl (C=O) groups excluding carboxylic acids is 2. The van der Waals surface area contributed by atoms with Crippen molar-refractivity contribution in [2.75, 3.05) is 10.6 Å². The maximum absolute atomic E-state index is 13.0. The highest BCUT2D eigenvalue weighted by molar-refractivity contribution is 6.05. The zero-order chi connectivity index (χ0) is 28.9. The van der Waals surface area contributed by atoms with Crippen molar-refractivity contribution >= 4 is 23.7 Å². The Labute approximate surface area is 228 Å². The summed E-state index contributed by atoms with van der Waals surface area (Å²) in [5.41, 5.74) is 2.75. The average Bonchev–Trinajstić information content (AvgIpc) is 3.29. The molecule has 0 atom stereocenters. The van der Waals surface area contributed by atoms with Crippen LogP contribution in [0.4, 0.5) is 25.1 Å². The minimum absolute atomic E-state index is 0.0526. The van der Waals surface area contributed by atoms with Crippen molar-refractivity contribution < 1.29 is 27.5 Å². The summed E-state index contributed by atoms with van der Waals surface area (Å²) in [5, 5.41) is 12.8. The average molecular weight is 553 g/mol. The zero-order valence-corrected chi connectivity index (χ0v) is 21.9. The molecular weight excluding hydrogens is 525 g/mol. The van der Waals surface area contributed by atoms with Gasteiger partial charge in [0, 0.05) is 23.7 Å². The van der Waals surface area contributed by atoms with Crippen LogP contribution in [0, 0.1) is 6.92 Å². The van der Waals surface area contributed by atoms with E-state index >= 15 is 0 Å². The summed E-state index contributed by atoms with van der Waals surface area (Å²) in [7, 11) is 0. The number of hydrogen-bond acceptors (Lipinski definition) is 6. The summed E-state index contributed by atoms with van der Waals surface area (Å²) in [6.45, 7) is 6.50. The Morgan fingerprint density at radius 2 is 1.60 bits per heavy atom. The van der Waals surface area contributed by atoms with Gasteiger partial charge >= 0.3 is 6.36 Å². The number of anilines is 2. The SMILES string of the molecule is Cc1ccccc1C(=O)Nc1nc(NC(=O)c2ccc(CNC(C)C)cc2)nn1-c1ccc(OC(F)(F)F)cc1. The lowest BCUT2D eigenvalue weighted by molar-refractivity contribution is -0.274. The monoisotopic (exact) mass is 552 g/mol. The number of benzene rings is 3. The van der Waals surface area contributed by atoms with Crippen molar-refractivity contribution in [3.63, 3.8) is 0 Å². The molecule has 4 rings (SSSR count). The van der Waals surface area contributed by atoms with E-state index < -0.39 is 23.9 Å². The number of amides is 2. The second-order valence-corrected chi connectivity index (χ2v) is 9.17. The van der Waals surface area contributed by atoms with Crippen LogP contribution in [-0.2, 0) is 6.54 Å². The summed E-state index contributed by atoms with van der Waals surface area (Å²) in [4.78, 5) is 30.1. The molecule has 1 heterocycles. The predicted octanol–water partition coefficient (Wildman–Crippen LogP) is 5.48. The second-order valence-electron chi connectivity index (χ2n) is 9.17. The van der Waals surface area contributed by atoms with E-state index in [0.717, 1.165) is 23.3 Å². The molecule has 0 bridgehead atoms.